The topological polar surface area (TPSA) is 85.1 Å². The summed E-state index contributed by atoms with van der Waals surface area (Å²) in [6.45, 7) is 0. The number of carbonyl (C=O) groups is 2. The van der Waals surface area contributed by atoms with Gasteiger partial charge in [0.2, 0.25) is 5.91 Å². The monoisotopic (exact) mass is 281 g/mol. The molecule has 0 saturated heterocycles. The van der Waals surface area contributed by atoms with Crippen LogP contribution in [0.5, 0.6) is 0 Å². The summed E-state index contributed by atoms with van der Waals surface area (Å²) in [7, 11) is 0. The second-order valence-electron chi connectivity index (χ2n) is 4.78. The Hall–Kier alpha value is -1.62. The number of amides is 2. The van der Waals surface area contributed by atoms with Crippen molar-refractivity contribution in [1.82, 2.24) is 10.3 Å². The van der Waals surface area contributed by atoms with Crippen molar-refractivity contribution in [2.24, 2.45) is 11.7 Å². The molecule has 1 aliphatic carbocycles. The maximum Gasteiger partial charge on any atom is 0.254 e. The first-order valence-corrected chi connectivity index (χ1v) is 6.65. The molecule has 6 heteroatoms. The minimum atomic E-state index is -0.250. The molecule has 2 amide bonds. The average Bonchev–Trinajstić information content (AvgIpc) is 2.39. The molecule has 0 unspecified atom stereocenters. The number of rotatable bonds is 3. The van der Waals surface area contributed by atoms with Crippen LogP contribution in [-0.2, 0) is 4.79 Å². The first kappa shape index (κ1) is 13.8. The minimum absolute atomic E-state index is 0.0601. The van der Waals surface area contributed by atoms with Crippen LogP contribution < -0.4 is 11.1 Å². The molecule has 5 nitrogen and oxygen atoms in total. The van der Waals surface area contributed by atoms with Gasteiger partial charge in [-0.3, -0.25) is 14.6 Å². The van der Waals surface area contributed by atoms with E-state index in [0.29, 0.717) is 10.6 Å². The molecule has 1 aliphatic rings. The highest BCUT2D eigenvalue weighted by molar-refractivity contribution is 6.33. The van der Waals surface area contributed by atoms with E-state index in [4.69, 9.17) is 17.3 Å². The summed E-state index contributed by atoms with van der Waals surface area (Å²) in [4.78, 5) is 27.0. The molecule has 102 valence electrons. The summed E-state index contributed by atoms with van der Waals surface area (Å²) in [5.74, 6) is -0.532. The lowest BCUT2D eigenvalue weighted by Crippen LogP contribution is -2.39. The van der Waals surface area contributed by atoms with E-state index in [1.807, 2.05) is 0 Å². The zero-order valence-corrected chi connectivity index (χ0v) is 11.2. The number of nitrogens with one attached hydrogen (secondary N) is 1. The summed E-state index contributed by atoms with van der Waals surface area (Å²) < 4.78 is 0. The number of halogens is 1. The van der Waals surface area contributed by atoms with Crippen molar-refractivity contribution < 1.29 is 9.59 Å². The van der Waals surface area contributed by atoms with Crippen LogP contribution in [0.3, 0.4) is 0 Å². The van der Waals surface area contributed by atoms with Gasteiger partial charge in [-0.2, -0.15) is 0 Å². The van der Waals surface area contributed by atoms with Crippen LogP contribution in [0.1, 0.15) is 36.0 Å². The number of pyridine rings is 1. The fourth-order valence-corrected chi connectivity index (χ4v) is 2.52. The zero-order valence-electron chi connectivity index (χ0n) is 10.4. The molecule has 0 radical (unpaired) electrons. The van der Waals surface area contributed by atoms with E-state index < -0.39 is 0 Å². The normalized spacial score (nSPS) is 22.8. The number of hydrogen-bond acceptors (Lipinski definition) is 3. The Kier molecular flexibility index (Phi) is 4.37. The van der Waals surface area contributed by atoms with Crippen LogP contribution in [0.2, 0.25) is 5.02 Å². The van der Waals surface area contributed by atoms with Crippen molar-refractivity contribution in [1.29, 1.82) is 0 Å². The second kappa shape index (κ2) is 6.02. The van der Waals surface area contributed by atoms with Crippen molar-refractivity contribution in [3.8, 4) is 0 Å². The summed E-state index contributed by atoms with van der Waals surface area (Å²) >= 11 is 5.94. The van der Waals surface area contributed by atoms with Gasteiger partial charge < -0.3 is 11.1 Å². The number of carbonyl (C=O) groups excluding carboxylic acids is 2. The second-order valence-corrected chi connectivity index (χ2v) is 5.19. The molecule has 0 atom stereocenters. The molecule has 19 heavy (non-hydrogen) atoms. The summed E-state index contributed by atoms with van der Waals surface area (Å²) in [6.07, 6.45) is 5.96. The first-order valence-electron chi connectivity index (χ1n) is 6.27. The predicted molar refractivity (Wildman–Crippen MR) is 71.7 cm³/mol. The van der Waals surface area contributed by atoms with Crippen molar-refractivity contribution >= 4 is 23.4 Å². The quantitative estimate of drug-likeness (QED) is 0.881. The minimum Gasteiger partial charge on any atom is -0.369 e. The number of hydrogen-bond donors (Lipinski definition) is 2. The molecule has 1 heterocycles. The number of aromatic nitrogens is 1. The van der Waals surface area contributed by atoms with Crippen molar-refractivity contribution in [2.75, 3.05) is 0 Å². The average molecular weight is 282 g/mol. The van der Waals surface area contributed by atoms with E-state index >= 15 is 0 Å². The number of primary amides is 1. The summed E-state index contributed by atoms with van der Waals surface area (Å²) in [5, 5.41) is 3.31. The maximum absolute atomic E-state index is 12.0. The third-order valence-electron chi connectivity index (χ3n) is 3.48. The van der Waals surface area contributed by atoms with Crippen LogP contribution in [-0.4, -0.2) is 22.8 Å². The molecule has 0 bridgehead atoms. The SMILES string of the molecule is NC(=O)C1CCC(NC(=O)c2cnccc2Cl)CC1. The van der Waals surface area contributed by atoms with E-state index in [-0.39, 0.29) is 23.8 Å². The summed E-state index contributed by atoms with van der Waals surface area (Å²) in [5.41, 5.74) is 5.65. The van der Waals surface area contributed by atoms with Gasteiger partial charge in [-0.05, 0) is 31.7 Å². The van der Waals surface area contributed by atoms with Gasteiger partial charge in [0.1, 0.15) is 0 Å². The van der Waals surface area contributed by atoms with Crippen molar-refractivity contribution in [3.63, 3.8) is 0 Å². The van der Waals surface area contributed by atoms with Crippen LogP contribution in [0, 0.1) is 5.92 Å². The Labute approximate surface area is 116 Å². The van der Waals surface area contributed by atoms with E-state index in [2.05, 4.69) is 10.3 Å². The molecule has 1 fully saturated rings. The smallest absolute Gasteiger partial charge is 0.254 e. The molecule has 3 N–H and O–H groups in total. The van der Waals surface area contributed by atoms with Gasteiger partial charge in [-0.1, -0.05) is 11.6 Å². The standard InChI is InChI=1S/C13H16ClN3O2/c14-11-5-6-16-7-10(11)13(19)17-9-3-1-8(2-4-9)12(15)18/h5-9H,1-4H2,(H2,15,18)(H,17,19). The molecular formula is C13H16ClN3O2. The number of nitrogens with two attached hydrogens (primary N) is 1. The van der Waals surface area contributed by atoms with E-state index in [1.54, 1.807) is 6.07 Å². The third kappa shape index (κ3) is 3.44. The van der Waals surface area contributed by atoms with E-state index in [1.165, 1.54) is 12.4 Å². The Bertz CT molecular complexity index is 485. The van der Waals surface area contributed by atoms with E-state index in [0.717, 1.165) is 25.7 Å². The third-order valence-corrected chi connectivity index (χ3v) is 3.81. The first-order chi connectivity index (χ1) is 9.08. The molecule has 1 aromatic heterocycles. The zero-order chi connectivity index (χ0) is 13.8. The highest BCUT2D eigenvalue weighted by Gasteiger charge is 2.26. The van der Waals surface area contributed by atoms with E-state index in [9.17, 15) is 9.59 Å². The molecule has 1 saturated carbocycles. The van der Waals surface area contributed by atoms with Gasteiger partial charge in [0.05, 0.1) is 10.6 Å². The Balaban J connectivity index is 1.91. The molecule has 1 aromatic rings. The van der Waals surface area contributed by atoms with Gasteiger partial charge in [-0.15, -0.1) is 0 Å². The van der Waals surface area contributed by atoms with Gasteiger partial charge in [0.15, 0.2) is 0 Å². The highest BCUT2D eigenvalue weighted by atomic mass is 35.5. The fraction of sp³-hybridized carbons (Fsp3) is 0.462. The predicted octanol–water partition coefficient (Wildman–Crippen LogP) is 1.51. The largest absolute Gasteiger partial charge is 0.369 e. The van der Waals surface area contributed by atoms with Crippen LogP contribution in [0.15, 0.2) is 18.5 Å². The lowest BCUT2D eigenvalue weighted by atomic mass is 9.85. The molecular weight excluding hydrogens is 266 g/mol. The van der Waals surface area contributed by atoms with Crippen molar-refractivity contribution in [2.45, 2.75) is 31.7 Å². The molecule has 0 aromatic carbocycles. The van der Waals surface area contributed by atoms with Gasteiger partial charge in [0, 0.05) is 24.4 Å². The van der Waals surface area contributed by atoms with Crippen LogP contribution in [0.4, 0.5) is 0 Å². The maximum atomic E-state index is 12.0. The molecule has 2 rings (SSSR count). The van der Waals surface area contributed by atoms with Crippen molar-refractivity contribution in [3.05, 3.63) is 29.0 Å². The van der Waals surface area contributed by atoms with Crippen LogP contribution in [0.25, 0.3) is 0 Å². The lowest BCUT2D eigenvalue weighted by molar-refractivity contribution is -0.122. The molecule has 0 spiro atoms. The molecule has 0 aliphatic heterocycles. The summed E-state index contributed by atoms with van der Waals surface area (Å²) in [6, 6.07) is 1.65. The Morgan fingerprint density at radius 3 is 2.58 bits per heavy atom. The Morgan fingerprint density at radius 1 is 1.32 bits per heavy atom. The van der Waals surface area contributed by atoms with Crippen LogP contribution >= 0.6 is 11.6 Å². The lowest BCUT2D eigenvalue weighted by Gasteiger charge is -2.27. The number of nitrogens with zero attached hydrogens (tertiary/aromatic N) is 1. The Morgan fingerprint density at radius 2 is 2.00 bits per heavy atom. The van der Waals surface area contributed by atoms with Gasteiger partial charge in [0.25, 0.3) is 5.91 Å². The van der Waals surface area contributed by atoms with Gasteiger partial charge >= 0.3 is 0 Å². The fourth-order valence-electron chi connectivity index (χ4n) is 2.33. The van der Waals surface area contributed by atoms with Gasteiger partial charge in [-0.25, -0.2) is 0 Å². The highest BCUT2D eigenvalue weighted by Crippen LogP contribution is 2.24.